The van der Waals surface area contributed by atoms with Crippen molar-refractivity contribution in [3.8, 4) is 22.4 Å². The van der Waals surface area contributed by atoms with Crippen molar-refractivity contribution in [1.82, 2.24) is 5.16 Å². The van der Waals surface area contributed by atoms with Gasteiger partial charge in [-0.15, -0.1) is 11.3 Å². The molecule has 3 nitrogen and oxygen atoms in total. The molecule has 2 heterocycles. The Hall–Kier alpha value is -1.59. The summed E-state index contributed by atoms with van der Waals surface area (Å²) in [7, 11) is 0. The fraction of sp³-hybridized carbons (Fsp3) is 0.0714. The number of thiophene rings is 1. The molecule has 3 aromatic rings. The zero-order chi connectivity index (χ0) is 13.4. The van der Waals surface area contributed by atoms with Crippen LogP contribution in [0.25, 0.3) is 22.4 Å². The Morgan fingerprint density at radius 1 is 1.32 bits per heavy atom. The van der Waals surface area contributed by atoms with E-state index in [9.17, 15) is 0 Å². The van der Waals surface area contributed by atoms with Crippen molar-refractivity contribution in [2.45, 2.75) is 6.92 Å². The van der Waals surface area contributed by atoms with Crippen molar-refractivity contribution < 1.29 is 4.52 Å². The number of nitrogens with two attached hydrogens (primary N) is 1. The minimum absolute atomic E-state index is 0.353. The molecule has 5 heteroatoms. The van der Waals surface area contributed by atoms with Crippen molar-refractivity contribution in [2.24, 2.45) is 0 Å². The maximum atomic E-state index is 5.95. The molecular formula is C14H11BrN2OS. The van der Waals surface area contributed by atoms with Gasteiger partial charge in [0.15, 0.2) is 0 Å². The molecule has 0 aliphatic rings. The van der Waals surface area contributed by atoms with E-state index in [1.54, 1.807) is 11.3 Å². The molecule has 1 aromatic carbocycles. The summed E-state index contributed by atoms with van der Waals surface area (Å²) in [6.07, 6.45) is 0. The summed E-state index contributed by atoms with van der Waals surface area (Å²) in [6.45, 7) is 2.05. The smallest absolute Gasteiger partial charge is 0.230 e. The van der Waals surface area contributed by atoms with Crippen molar-refractivity contribution in [1.29, 1.82) is 0 Å². The zero-order valence-corrected chi connectivity index (χ0v) is 12.6. The standard InChI is InChI=1S/C14H11BrN2OS/c1-8-4-2-3-5-10(8)12-13(17-18-14(12)16)9-6-11(15)19-7-9/h2-7H,16H2,1H3. The molecule has 3 rings (SSSR count). The van der Waals surface area contributed by atoms with E-state index in [1.807, 2.05) is 29.6 Å². The topological polar surface area (TPSA) is 52.0 Å². The molecule has 0 atom stereocenters. The third-order valence-electron chi connectivity index (χ3n) is 2.97. The van der Waals surface area contributed by atoms with E-state index < -0.39 is 0 Å². The Labute approximate surface area is 123 Å². The fourth-order valence-electron chi connectivity index (χ4n) is 2.05. The van der Waals surface area contributed by atoms with Crippen molar-refractivity contribution in [3.05, 3.63) is 45.1 Å². The van der Waals surface area contributed by atoms with Crippen LogP contribution in [0.1, 0.15) is 5.56 Å². The van der Waals surface area contributed by atoms with Crippen LogP contribution in [0.2, 0.25) is 0 Å². The number of nitrogens with zero attached hydrogens (tertiary/aromatic N) is 1. The van der Waals surface area contributed by atoms with Gasteiger partial charge in [0.1, 0.15) is 5.69 Å². The van der Waals surface area contributed by atoms with Gasteiger partial charge in [-0.3, -0.25) is 0 Å². The van der Waals surface area contributed by atoms with Crippen molar-refractivity contribution in [2.75, 3.05) is 5.73 Å². The molecular weight excluding hydrogens is 324 g/mol. The van der Waals surface area contributed by atoms with Gasteiger partial charge in [0.2, 0.25) is 5.88 Å². The van der Waals surface area contributed by atoms with E-state index >= 15 is 0 Å². The fourth-order valence-corrected chi connectivity index (χ4v) is 3.19. The van der Waals surface area contributed by atoms with Crippen LogP contribution in [-0.2, 0) is 0 Å². The number of aromatic nitrogens is 1. The van der Waals surface area contributed by atoms with Crippen LogP contribution in [0.5, 0.6) is 0 Å². The molecule has 0 fully saturated rings. The van der Waals surface area contributed by atoms with E-state index in [4.69, 9.17) is 10.3 Å². The summed E-state index contributed by atoms with van der Waals surface area (Å²) >= 11 is 5.07. The molecule has 0 bridgehead atoms. The quantitative estimate of drug-likeness (QED) is 0.737. The lowest BCUT2D eigenvalue weighted by Crippen LogP contribution is -1.89. The second-order valence-electron chi connectivity index (χ2n) is 4.22. The summed E-state index contributed by atoms with van der Waals surface area (Å²) in [5.41, 5.74) is 10.8. The summed E-state index contributed by atoms with van der Waals surface area (Å²) < 4.78 is 6.24. The summed E-state index contributed by atoms with van der Waals surface area (Å²) in [5.74, 6) is 0.353. The Balaban J connectivity index is 2.22. The first-order valence-corrected chi connectivity index (χ1v) is 7.39. The number of rotatable bonds is 2. The van der Waals surface area contributed by atoms with Crippen LogP contribution in [0, 0.1) is 6.92 Å². The maximum Gasteiger partial charge on any atom is 0.230 e. The third kappa shape index (κ3) is 2.19. The highest BCUT2D eigenvalue weighted by atomic mass is 79.9. The van der Waals surface area contributed by atoms with Crippen LogP contribution >= 0.6 is 27.3 Å². The van der Waals surface area contributed by atoms with Gasteiger partial charge in [-0.2, -0.15) is 0 Å². The Bertz CT molecular complexity index is 733. The lowest BCUT2D eigenvalue weighted by Gasteiger charge is -2.05. The van der Waals surface area contributed by atoms with Gasteiger partial charge in [0, 0.05) is 10.9 Å². The molecule has 0 aliphatic heterocycles. The summed E-state index contributed by atoms with van der Waals surface area (Å²) in [5, 5.41) is 6.13. The molecule has 0 saturated carbocycles. The van der Waals surface area contributed by atoms with Gasteiger partial charge in [-0.25, -0.2) is 0 Å². The number of anilines is 1. The lowest BCUT2D eigenvalue weighted by molar-refractivity contribution is 0.439. The molecule has 0 aliphatic carbocycles. The molecule has 0 radical (unpaired) electrons. The minimum Gasteiger partial charge on any atom is -0.367 e. The molecule has 96 valence electrons. The van der Waals surface area contributed by atoms with Gasteiger partial charge in [0.05, 0.1) is 9.35 Å². The second kappa shape index (κ2) is 4.83. The predicted octanol–water partition coefficient (Wildman–Crippen LogP) is 4.72. The van der Waals surface area contributed by atoms with Gasteiger partial charge in [-0.1, -0.05) is 29.4 Å². The van der Waals surface area contributed by atoms with Crippen molar-refractivity contribution in [3.63, 3.8) is 0 Å². The number of hydrogen-bond acceptors (Lipinski definition) is 4. The number of hydrogen-bond donors (Lipinski definition) is 1. The monoisotopic (exact) mass is 334 g/mol. The highest BCUT2D eigenvalue weighted by molar-refractivity contribution is 9.11. The van der Waals surface area contributed by atoms with E-state index in [0.717, 1.165) is 31.7 Å². The number of aryl methyl sites for hydroxylation is 1. The first kappa shape index (κ1) is 12.4. The molecule has 0 spiro atoms. The summed E-state index contributed by atoms with van der Waals surface area (Å²) in [4.78, 5) is 0. The van der Waals surface area contributed by atoms with Gasteiger partial charge < -0.3 is 10.3 Å². The molecule has 0 unspecified atom stereocenters. The van der Waals surface area contributed by atoms with Crippen LogP contribution in [0.15, 0.2) is 44.0 Å². The van der Waals surface area contributed by atoms with Crippen LogP contribution in [0.3, 0.4) is 0 Å². The van der Waals surface area contributed by atoms with E-state index in [0.29, 0.717) is 5.88 Å². The number of nitrogen functional groups attached to an aromatic ring is 1. The third-order valence-corrected chi connectivity index (χ3v) is 4.48. The normalized spacial score (nSPS) is 10.8. The Morgan fingerprint density at radius 2 is 2.11 bits per heavy atom. The lowest BCUT2D eigenvalue weighted by atomic mass is 9.98. The van der Waals surface area contributed by atoms with Gasteiger partial charge in [0.25, 0.3) is 0 Å². The van der Waals surface area contributed by atoms with Gasteiger partial charge in [-0.05, 0) is 40.0 Å². The zero-order valence-electron chi connectivity index (χ0n) is 10.2. The Morgan fingerprint density at radius 3 is 2.79 bits per heavy atom. The molecule has 0 amide bonds. The highest BCUT2D eigenvalue weighted by Crippen LogP contribution is 2.39. The highest BCUT2D eigenvalue weighted by Gasteiger charge is 2.19. The number of benzene rings is 1. The first-order valence-electron chi connectivity index (χ1n) is 5.72. The first-order chi connectivity index (χ1) is 9.16. The second-order valence-corrected chi connectivity index (χ2v) is 6.52. The SMILES string of the molecule is Cc1ccccc1-c1c(-c2csc(Br)c2)noc1N. The van der Waals surface area contributed by atoms with E-state index in [1.165, 1.54) is 0 Å². The molecule has 2 aromatic heterocycles. The maximum absolute atomic E-state index is 5.95. The summed E-state index contributed by atoms with van der Waals surface area (Å²) in [6, 6.07) is 10.1. The number of halogens is 1. The molecule has 19 heavy (non-hydrogen) atoms. The average molecular weight is 335 g/mol. The minimum atomic E-state index is 0.353. The molecule has 2 N–H and O–H groups in total. The van der Waals surface area contributed by atoms with Crippen molar-refractivity contribution >= 4 is 33.2 Å². The van der Waals surface area contributed by atoms with Crippen LogP contribution in [-0.4, -0.2) is 5.16 Å². The van der Waals surface area contributed by atoms with Gasteiger partial charge >= 0.3 is 0 Å². The largest absolute Gasteiger partial charge is 0.367 e. The van der Waals surface area contributed by atoms with Crippen LogP contribution < -0.4 is 5.73 Å². The average Bonchev–Trinajstić information content (AvgIpc) is 2.96. The van der Waals surface area contributed by atoms with E-state index in [-0.39, 0.29) is 0 Å². The van der Waals surface area contributed by atoms with Crippen LogP contribution in [0.4, 0.5) is 5.88 Å². The van der Waals surface area contributed by atoms with E-state index in [2.05, 4.69) is 34.1 Å². The Kier molecular flexibility index (Phi) is 3.16. The predicted molar refractivity (Wildman–Crippen MR) is 82.1 cm³/mol. The molecule has 0 saturated heterocycles.